The zero-order valence-corrected chi connectivity index (χ0v) is 13.7. The lowest BCUT2D eigenvalue weighted by Crippen LogP contribution is -2.14. The smallest absolute Gasteiger partial charge is 0.234 e. The predicted molar refractivity (Wildman–Crippen MR) is 93.6 cm³/mol. The summed E-state index contributed by atoms with van der Waals surface area (Å²) in [6.45, 7) is 2.55. The van der Waals surface area contributed by atoms with Gasteiger partial charge in [0.25, 0.3) is 0 Å². The number of thioether (sulfide) groups is 1. The van der Waals surface area contributed by atoms with Crippen LogP contribution in [0.3, 0.4) is 0 Å². The largest absolute Gasteiger partial charge is 0.494 e. The third kappa shape index (κ3) is 5.68. The van der Waals surface area contributed by atoms with Crippen molar-refractivity contribution in [2.24, 2.45) is 0 Å². The van der Waals surface area contributed by atoms with Gasteiger partial charge in [-0.25, -0.2) is 0 Å². The van der Waals surface area contributed by atoms with Crippen molar-refractivity contribution in [3.8, 4) is 11.8 Å². The molecule has 0 aromatic heterocycles. The molecule has 5 heteroatoms. The second-order valence-electron chi connectivity index (χ2n) is 4.81. The van der Waals surface area contributed by atoms with E-state index in [1.807, 2.05) is 49.4 Å². The summed E-state index contributed by atoms with van der Waals surface area (Å²) in [5.74, 6) is 1.81. The van der Waals surface area contributed by atoms with Crippen LogP contribution in [0.5, 0.6) is 5.75 Å². The number of amides is 1. The highest BCUT2D eigenvalue weighted by Gasteiger charge is 2.04. The minimum atomic E-state index is -0.0457. The van der Waals surface area contributed by atoms with Gasteiger partial charge in [0.05, 0.1) is 24.0 Å². The van der Waals surface area contributed by atoms with Crippen molar-refractivity contribution >= 4 is 23.4 Å². The summed E-state index contributed by atoms with van der Waals surface area (Å²) in [7, 11) is 0. The highest BCUT2D eigenvalue weighted by atomic mass is 32.2. The Morgan fingerprint density at radius 2 is 2.04 bits per heavy atom. The fourth-order valence-corrected chi connectivity index (χ4v) is 2.77. The van der Waals surface area contributed by atoms with E-state index in [0.29, 0.717) is 23.7 Å². The van der Waals surface area contributed by atoms with Crippen LogP contribution in [0.1, 0.15) is 18.1 Å². The number of hydrogen-bond acceptors (Lipinski definition) is 4. The van der Waals surface area contributed by atoms with E-state index >= 15 is 0 Å². The molecule has 0 fully saturated rings. The summed E-state index contributed by atoms with van der Waals surface area (Å²) in [5, 5.41) is 11.7. The van der Waals surface area contributed by atoms with Gasteiger partial charge in [0.15, 0.2) is 0 Å². The molecular weight excluding hydrogens is 308 g/mol. The Bertz CT molecular complexity index is 693. The van der Waals surface area contributed by atoms with Crippen LogP contribution in [0.4, 0.5) is 5.69 Å². The van der Waals surface area contributed by atoms with E-state index in [-0.39, 0.29) is 5.91 Å². The molecule has 0 saturated heterocycles. The summed E-state index contributed by atoms with van der Waals surface area (Å²) < 4.78 is 5.36. The van der Waals surface area contributed by atoms with E-state index < -0.39 is 0 Å². The molecule has 0 spiro atoms. The van der Waals surface area contributed by atoms with Gasteiger partial charge in [-0.15, -0.1) is 11.8 Å². The summed E-state index contributed by atoms with van der Waals surface area (Å²) in [6.07, 6.45) is 0. The number of rotatable bonds is 7. The van der Waals surface area contributed by atoms with Crippen molar-refractivity contribution < 1.29 is 9.53 Å². The molecule has 4 nitrogen and oxygen atoms in total. The SMILES string of the molecule is CCOc1ccc(NC(=O)CSCc2cccc(C#N)c2)cc1. The molecule has 23 heavy (non-hydrogen) atoms. The van der Waals surface area contributed by atoms with Crippen LogP contribution in [0.2, 0.25) is 0 Å². The van der Waals surface area contributed by atoms with Crippen molar-refractivity contribution in [2.45, 2.75) is 12.7 Å². The number of carbonyl (C=O) groups is 1. The number of carbonyl (C=O) groups excluding carboxylic acids is 1. The maximum Gasteiger partial charge on any atom is 0.234 e. The highest BCUT2D eigenvalue weighted by Crippen LogP contribution is 2.17. The van der Waals surface area contributed by atoms with E-state index in [9.17, 15) is 4.79 Å². The first-order chi connectivity index (χ1) is 11.2. The third-order valence-electron chi connectivity index (χ3n) is 3.01. The Balaban J connectivity index is 1.77. The lowest BCUT2D eigenvalue weighted by atomic mass is 10.2. The zero-order valence-electron chi connectivity index (χ0n) is 12.9. The van der Waals surface area contributed by atoms with Crippen LogP contribution in [-0.2, 0) is 10.5 Å². The Kier molecular flexibility index (Phi) is 6.52. The van der Waals surface area contributed by atoms with Crippen LogP contribution in [0, 0.1) is 11.3 Å². The second-order valence-corrected chi connectivity index (χ2v) is 5.80. The molecule has 1 N–H and O–H groups in total. The average molecular weight is 326 g/mol. The summed E-state index contributed by atoms with van der Waals surface area (Å²) in [4.78, 5) is 11.9. The number of ether oxygens (including phenoxy) is 1. The molecule has 118 valence electrons. The first kappa shape index (κ1) is 16.9. The van der Waals surface area contributed by atoms with Gasteiger partial charge in [0.1, 0.15) is 5.75 Å². The van der Waals surface area contributed by atoms with Gasteiger partial charge in [-0.3, -0.25) is 4.79 Å². The summed E-state index contributed by atoms with van der Waals surface area (Å²) in [5.41, 5.74) is 2.44. The Hall–Kier alpha value is -2.45. The van der Waals surface area contributed by atoms with Crippen LogP contribution in [-0.4, -0.2) is 18.3 Å². The predicted octanol–water partition coefficient (Wildman–Crippen LogP) is 3.83. The standard InChI is InChI=1S/C18H18N2O2S/c1-2-22-17-8-6-16(7-9-17)20-18(21)13-23-12-15-5-3-4-14(10-15)11-19/h3-10H,2,12-13H2,1H3,(H,20,21). The molecular formula is C18H18N2O2S. The van der Waals surface area contributed by atoms with Gasteiger partial charge in [-0.1, -0.05) is 12.1 Å². The minimum absolute atomic E-state index is 0.0457. The molecule has 0 aliphatic rings. The van der Waals surface area contributed by atoms with E-state index in [0.717, 1.165) is 17.0 Å². The molecule has 0 unspecified atom stereocenters. The highest BCUT2D eigenvalue weighted by molar-refractivity contribution is 7.99. The van der Waals surface area contributed by atoms with Gasteiger partial charge in [0, 0.05) is 11.4 Å². The van der Waals surface area contributed by atoms with Gasteiger partial charge < -0.3 is 10.1 Å². The van der Waals surface area contributed by atoms with Crippen molar-refractivity contribution in [3.63, 3.8) is 0 Å². The molecule has 2 aromatic carbocycles. The normalized spacial score (nSPS) is 9.91. The molecule has 0 bridgehead atoms. The van der Waals surface area contributed by atoms with Gasteiger partial charge in [0.2, 0.25) is 5.91 Å². The maximum absolute atomic E-state index is 11.9. The average Bonchev–Trinajstić information content (AvgIpc) is 2.57. The molecule has 0 saturated carbocycles. The molecule has 0 heterocycles. The molecule has 2 rings (SSSR count). The van der Waals surface area contributed by atoms with E-state index in [2.05, 4.69) is 11.4 Å². The number of nitrogens with one attached hydrogen (secondary N) is 1. The summed E-state index contributed by atoms with van der Waals surface area (Å²) >= 11 is 1.52. The monoisotopic (exact) mass is 326 g/mol. The van der Waals surface area contributed by atoms with Crippen molar-refractivity contribution in [3.05, 3.63) is 59.7 Å². The van der Waals surface area contributed by atoms with Crippen LogP contribution >= 0.6 is 11.8 Å². The van der Waals surface area contributed by atoms with Crippen molar-refractivity contribution in [1.29, 1.82) is 5.26 Å². The van der Waals surface area contributed by atoms with Crippen molar-refractivity contribution in [1.82, 2.24) is 0 Å². The maximum atomic E-state index is 11.9. The number of hydrogen-bond donors (Lipinski definition) is 1. The third-order valence-corrected chi connectivity index (χ3v) is 4.01. The second kappa shape index (κ2) is 8.86. The van der Waals surface area contributed by atoms with Gasteiger partial charge >= 0.3 is 0 Å². The number of anilines is 1. The van der Waals surface area contributed by atoms with Crippen LogP contribution in [0.25, 0.3) is 0 Å². The van der Waals surface area contributed by atoms with E-state index in [1.165, 1.54) is 11.8 Å². The van der Waals surface area contributed by atoms with Crippen molar-refractivity contribution in [2.75, 3.05) is 17.7 Å². The fraction of sp³-hybridized carbons (Fsp3) is 0.222. The lowest BCUT2D eigenvalue weighted by Gasteiger charge is -2.07. The Labute approximate surface area is 140 Å². The van der Waals surface area contributed by atoms with E-state index in [4.69, 9.17) is 10.00 Å². The molecule has 0 aliphatic carbocycles. The molecule has 2 aromatic rings. The molecule has 0 radical (unpaired) electrons. The summed E-state index contributed by atoms with van der Waals surface area (Å²) in [6, 6.07) is 16.9. The zero-order chi connectivity index (χ0) is 16.5. The van der Waals surface area contributed by atoms with E-state index in [1.54, 1.807) is 6.07 Å². The molecule has 0 atom stereocenters. The quantitative estimate of drug-likeness (QED) is 0.840. The van der Waals surface area contributed by atoms with Gasteiger partial charge in [-0.2, -0.15) is 5.26 Å². The lowest BCUT2D eigenvalue weighted by molar-refractivity contribution is -0.113. The molecule has 0 aliphatic heterocycles. The number of nitrogens with zero attached hydrogens (tertiary/aromatic N) is 1. The molecule has 1 amide bonds. The number of benzene rings is 2. The Morgan fingerprint density at radius 3 is 2.74 bits per heavy atom. The van der Waals surface area contributed by atoms with Crippen LogP contribution in [0.15, 0.2) is 48.5 Å². The first-order valence-electron chi connectivity index (χ1n) is 7.30. The fourth-order valence-electron chi connectivity index (χ4n) is 1.99. The first-order valence-corrected chi connectivity index (χ1v) is 8.46. The van der Waals surface area contributed by atoms with Crippen LogP contribution < -0.4 is 10.1 Å². The number of nitriles is 1. The topological polar surface area (TPSA) is 62.1 Å². The van der Waals surface area contributed by atoms with Gasteiger partial charge in [-0.05, 0) is 48.9 Å². The Morgan fingerprint density at radius 1 is 1.26 bits per heavy atom. The minimum Gasteiger partial charge on any atom is -0.494 e.